The van der Waals surface area contributed by atoms with Gasteiger partial charge in [0.2, 0.25) is 0 Å². The molecule has 0 amide bonds. The first-order chi connectivity index (χ1) is 8.74. The van der Waals surface area contributed by atoms with E-state index in [2.05, 4.69) is 53.0 Å². The lowest BCUT2D eigenvalue weighted by Crippen LogP contribution is -2.49. The summed E-state index contributed by atoms with van der Waals surface area (Å²) in [6, 6.07) is 4.77. The first-order valence-corrected chi connectivity index (χ1v) is 6.62. The molecule has 0 bridgehead atoms. The van der Waals surface area contributed by atoms with Gasteiger partial charge in [-0.25, -0.2) is 4.98 Å². The van der Waals surface area contributed by atoms with Gasteiger partial charge in [0, 0.05) is 44.6 Å². The number of hydrogen-bond acceptors (Lipinski definition) is 3. The zero-order valence-corrected chi connectivity index (χ0v) is 11.1. The van der Waals surface area contributed by atoms with E-state index < -0.39 is 0 Å². The maximum Gasteiger partial charge on any atom is 0.139 e. The second-order valence-corrected chi connectivity index (χ2v) is 5.18. The molecule has 0 aromatic carbocycles. The normalized spacial score (nSPS) is 21.6. The fourth-order valence-corrected chi connectivity index (χ4v) is 2.61. The van der Waals surface area contributed by atoms with Crippen LogP contribution in [0.5, 0.6) is 0 Å². The number of aromatic nitrogens is 2. The Balaban J connectivity index is 1.84. The Kier molecular flexibility index (Phi) is 3.06. The van der Waals surface area contributed by atoms with Crippen LogP contribution in [0.4, 0.5) is 0 Å². The molecule has 1 N–H and O–H groups in total. The number of nitrogens with zero attached hydrogens (tertiary/aromatic N) is 3. The summed E-state index contributed by atoms with van der Waals surface area (Å²) >= 11 is 0. The van der Waals surface area contributed by atoms with E-state index in [1.54, 1.807) is 0 Å². The highest BCUT2D eigenvalue weighted by molar-refractivity contribution is 5.47. The van der Waals surface area contributed by atoms with E-state index >= 15 is 0 Å². The van der Waals surface area contributed by atoms with Crippen LogP contribution in [0.3, 0.4) is 0 Å². The summed E-state index contributed by atoms with van der Waals surface area (Å²) in [5, 5.41) is 3.42. The summed E-state index contributed by atoms with van der Waals surface area (Å²) in [6.07, 6.45) is 4.22. The van der Waals surface area contributed by atoms with Crippen molar-refractivity contribution in [2.45, 2.75) is 26.4 Å². The predicted molar refractivity (Wildman–Crippen MR) is 72.7 cm³/mol. The monoisotopic (exact) mass is 244 g/mol. The summed E-state index contributed by atoms with van der Waals surface area (Å²) in [5.41, 5.74) is 3.48. The van der Waals surface area contributed by atoms with Crippen LogP contribution in [0.2, 0.25) is 0 Å². The van der Waals surface area contributed by atoms with Crippen molar-refractivity contribution in [3.8, 4) is 0 Å². The molecule has 4 nitrogen and oxygen atoms in total. The number of nitrogens with one attached hydrogen (secondary N) is 1. The quantitative estimate of drug-likeness (QED) is 0.867. The van der Waals surface area contributed by atoms with Gasteiger partial charge in [-0.15, -0.1) is 0 Å². The minimum absolute atomic E-state index is 0.588. The summed E-state index contributed by atoms with van der Waals surface area (Å²) in [4.78, 5) is 7.24. The molecule has 96 valence electrons. The summed E-state index contributed by atoms with van der Waals surface area (Å²) < 4.78 is 2.12. The Hall–Kier alpha value is -1.39. The topological polar surface area (TPSA) is 32.6 Å². The van der Waals surface area contributed by atoms with Crippen molar-refractivity contribution in [2.75, 3.05) is 19.6 Å². The molecule has 1 fully saturated rings. The van der Waals surface area contributed by atoms with Crippen molar-refractivity contribution >= 4 is 5.65 Å². The number of piperazine rings is 1. The third-order valence-corrected chi connectivity index (χ3v) is 3.73. The van der Waals surface area contributed by atoms with Crippen molar-refractivity contribution in [3.63, 3.8) is 0 Å². The van der Waals surface area contributed by atoms with Crippen LogP contribution in [0.1, 0.15) is 18.2 Å². The largest absolute Gasteiger partial charge is 0.314 e. The molecule has 2 aromatic rings. The number of aryl methyl sites for hydroxylation is 1. The number of fused-ring (bicyclic) bond motifs is 1. The van der Waals surface area contributed by atoms with Crippen molar-refractivity contribution in [1.29, 1.82) is 0 Å². The number of pyridine rings is 1. The lowest BCUT2D eigenvalue weighted by molar-refractivity contribution is 0.164. The molecule has 18 heavy (non-hydrogen) atoms. The molecule has 3 heterocycles. The van der Waals surface area contributed by atoms with Crippen LogP contribution in [-0.4, -0.2) is 40.0 Å². The van der Waals surface area contributed by atoms with Crippen LogP contribution < -0.4 is 5.32 Å². The molecule has 4 heteroatoms. The molecule has 2 aromatic heterocycles. The Morgan fingerprint density at radius 1 is 1.50 bits per heavy atom. The highest BCUT2D eigenvalue weighted by Crippen LogP contribution is 2.13. The van der Waals surface area contributed by atoms with E-state index in [0.717, 1.165) is 37.5 Å². The zero-order valence-electron chi connectivity index (χ0n) is 11.1. The van der Waals surface area contributed by atoms with E-state index in [0.29, 0.717) is 6.04 Å². The molecule has 1 aliphatic rings. The van der Waals surface area contributed by atoms with Crippen molar-refractivity contribution in [1.82, 2.24) is 19.6 Å². The maximum absolute atomic E-state index is 4.74. The van der Waals surface area contributed by atoms with E-state index in [4.69, 9.17) is 4.98 Å². The fraction of sp³-hybridized carbons (Fsp3) is 0.500. The van der Waals surface area contributed by atoms with Crippen LogP contribution >= 0.6 is 0 Å². The van der Waals surface area contributed by atoms with Gasteiger partial charge in [0.1, 0.15) is 5.65 Å². The fourth-order valence-electron chi connectivity index (χ4n) is 2.61. The molecule has 0 aliphatic carbocycles. The standard InChI is InChI=1S/C14H20N4/c1-11-4-3-6-18-10-13(16-14(11)18)9-17-7-5-15-8-12(17)2/h3-4,6,10,12,15H,5,7-9H2,1-2H3/t12-/m0/s1. The van der Waals surface area contributed by atoms with Gasteiger partial charge in [0.25, 0.3) is 0 Å². The average Bonchev–Trinajstić information content (AvgIpc) is 2.76. The van der Waals surface area contributed by atoms with E-state index in [-0.39, 0.29) is 0 Å². The molecule has 1 saturated heterocycles. The lowest BCUT2D eigenvalue weighted by atomic mass is 10.2. The van der Waals surface area contributed by atoms with Crippen molar-refractivity contribution in [3.05, 3.63) is 35.8 Å². The molecule has 0 spiro atoms. The molecule has 1 aliphatic heterocycles. The SMILES string of the molecule is Cc1cccn2cc(CN3CCNC[C@@H]3C)nc12. The van der Waals surface area contributed by atoms with Gasteiger partial charge in [0.15, 0.2) is 0 Å². The van der Waals surface area contributed by atoms with E-state index in [1.165, 1.54) is 5.56 Å². The first-order valence-electron chi connectivity index (χ1n) is 6.62. The minimum atomic E-state index is 0.588. The van der Waals surface area contributed by atoms with Gasteiger partial charge in [-0.05, 0) is 25.5 Å². The van der Waals surface area contributed by atoms with Crippen molar-refractivity contribution < 1.29 is 0 Å². The number of imidazole rings is 1. The van der Waals surface area contributed by atoms with Crippen LogP contribution in [-0.2, 0) is 6.54 Å². The predicted octanol–water partition coefficient (Wildman–Crippen LogP) is 1.44. The Morgan fingerprint density at radius 3 is 3.17 bits per heavy atom. The highest BCUT2D eigenvalue weighted by Gasteiger charge is 2.18. The van der Waals surface area contributed by atoms with Gasteiger partial charge < -0.3 is 9.72 Å². The number of hydrogen-bond donors (Lipinski definition) is 1. The van der Waals surface area contributed by atoms with Gasteiger partial charge in [-0.3, -0.25) is 4.90 Å². The van der Waals surface area contributed by atoms with E-state index in [1.807, 2.05) is 0 Å². The molecule has 0 radical (unpaired) electrons. The molecular weight excluding hydrogens is 224 g/mol. The molecule has 3 rings (SSSR count). The molecule has 1 atom stereocenters. The molecule has 0 saturated carbocycles. The smallest absolute Gasteiger partial charge is 0.139 e. The second-order valence-electron chi connectivity index (χ2n) is 5.18. The Bertz CT molecular complexity index is 546. The third-order valence-electron chi connectivity index (χ3n) is 3.73. The van der Waals surface area contributed by atoms with Gasteiger partial charge in [0.05, 0.1) is 5.69 Å². The first kappa shape index (κ1) is 11.7. The number of rotatable bonds is 2. The second kappa shape index (κ2) is 4.71. The highest BCUT2D eigenvalue weighted by atomic mass is 15.2. The van der Waals surface area contributed by atoms with Crippen LogP contribution in [0, 0.1) is 6.92 Å². The summed E-state index contributed by atoms with van der Waals surface area (Å²) in [6.45, 7) is 8.59. The van der Waals surface area contributed by atoms with Crippen LogP contribution in [0.15, 0.2) is 24.5 Å². The third kappa shape index (κ3) is 2.13. The minimum Gasteiger partial charge on any atom is -0.314 e. The van der Waals surface area contributed by atoms with Gasteiger partial charge >= 0.3 is 0 Å². The van der Waals surface area contributed by atoms with Crippen LogP contribution in [0.25, 0.3) is 5.65 Å². The van der Waals surface area contributed by atoms with Gasteiger partial charge in [-0.1, -0.05) is 6.07 Å². The van der Waals surface area contributed by atoms with E-state index in [9.17, 15) is 0 Å². The zero-order chi connectivity index (χ0) is 12.5. The lowest BCUT2D eigenvalue weighted by Gasteiger charge is -2.33. The Labute approximate surface area is 108 Å². The summed E-state index contributed by atoms with van der Waals surface area (Å²) in [5.74, 6) is 0. The van der Waals surface area contributed by atoms with Crippen molar-refractivity contribution in [2.24, 2.45) is 0 Å². The maximum atomic E-state index is 4.74. The average molecular weight is 244 g/mol. The molecular formula is C14H20N4. The van der Waals surface area contributed by atoms with Gasteiger partial charge in [-0.2, -0.15) is 0 Å². The summed E-state index contributed by atoms with van der Waals surface area (Å²) in [7, 11) is 0. The molecule has 0 unspecified atom stereocenters. The Morgan fingerprint density at radius 2 is 2.39 bits per heavy atom.